The van der Waals surface area contributed by atoms with Crippen LogP contribution in [0.4, 0.5) is 23.7 Å². The summed E-state index contributed by atoms with van der Waals surface area (Å²) in [7, 11) is 0. The topological polar surface area (TPSA) is 41.1 Å². The molecule has 2 atom stereocenters. The van der Waals surface area contributed by atoms with Crippen molar-refractivity contribution in [3.8, 4) is 0 Å². The molecule has 1 aliphatic rings. The van der Waals surface area contributed by atoms with Gasteiger partial charge in [0.05, 0.1) is 16.6 Å². The molecule has 0 spiro atoms. The van der Waals surface area contributed by atoms with E-state index in [-0.39, 0.29) is 12.8 Å². The molecule has 22 heavy (non-hydrogen) atoms. The van der Waals surface area contributed by atoms with Crippen LogP contribution in [0.15, 0.2) is 18.2 Å². The Morgan fingerprint density at radius 2 is 1.95 bits per heavy atom. The highest BCUT2D eigenvalue weighted by Crippen LogP contribution is 2.37. The fraction of sp³-hybridized carbons (Fsp3) is 0.500. The summed E-state index contributed by atoms with van der Waals surface area (Å²) in [5.41, 5.74) is 0.315. The Hall–Kier alpha value is -1.14. The molecule has 2 N–H and O–H groups in total. The van der Waals surface area contributed by atoms with Gasteiger partial charge in [0.15, 0.2) is 0 Å². The molecule has 0 radical (unpaired) electrons. The summed E-state index contributed by atoms with van der Waals surface area (Å²) < 4.78 is 38.2. The monoisotopic (exact) mass is 354 g/mol. The van der Waals surface area contributed by atoms with Crippen molar-refractivity contribution in [3.63, 3.8) is 0 Å². The Morgan fingerprint density at radius 3 is 2.64 bits per heavy atom. The van der Waals surface area contributed by atoms with Gasteiger partial charge in [-0.15, -0.1) is 0 Å². The highest BCUT2D eigenvalue weighted by Gasteiger charge is 2.42. The van der Waals surface area contributed by atoms with E-state index >= 15 is 0 Å². The molecule has 122 valence electrons. The lowest BCUT2D eigenvalue weighted by atomic mass is 9.85. The van der Waals surface area contributed by atoms with Crippen LogP contribution < -0.4 is 10.6 Å². The van der Waals surface area contributed by atoms with Gasteiger partial charge in [0, 0.05) is 11.1 Å². The van der Waals surface area contributed by atoms with Crippen molar-refractivity contribution in [2.24, 2.45) is 5.92 Å². The van der Waals surface area contributed by atoms with Crippen LogP contribution in [0.3, 0.4) is 0 Å². The van der Waals surface area contributed by atoms with E-state index in [1.165, 1.54) is 12.1 Å². The van der Waals surface area contributed by atoms with Crippen molar-refractivity contribution in [1.29, 1.82) is 0 Å². The minimum atomic E-state index is -4.22. The molecule has 0 aliphatic heterocycles. The van der Waals surface area contributed by atoms with Crippen LogP contribution in [0, 0.1) is 5.92 Å². The minimum absolute atomic E-state index is 0.0970. The van der Waals surface area contributed by atoms with Crippen molar-refractivity contribution < 1.29 is 18.0 Å². The van der Waals surface area contributed by atoms with Crippen LogP contribution in [0.25, 0.3) is 0 Å². The molecule has 1 aromatic carbocycles. The number of carbonyl (C=O) groups excluding carboxylic acids is 1. The van der Waals surface area contributed by atoms with E-state index < -0.39 is 24.2 Å². The number of hydrogen-bond acceptors (Lipinski definition) is 1. The van der Waals surface area contributed by atoms with Gasteiger partial charge in [-0.1, -0.05) is 29.6 Å². The summed E-state index contributed by atoms with van der Waals surface area (Å²) in [5.74, 6) is -1.36. The van der Waals surface area contributed by atoms with E-state index in [0.717, 1.165) is 0 Å². The van der Waals surface area contributed by atoms with Gasteiger partial charge < -0.3 is 10.6 Å². The number of benzene rings is 1. The SMILES string of the molecule is O=C(Nc1cc(Cl)ccc1Cl)NC1CCCC(C(F)(F)F)C1. The van der Waals surface area contributed by atoms with E-state index in [1.54, 1.807) is 6.07 Å². The lowest BCUT2D eigenvalue weighted by Gasteiger charge is -2.31. The van der Waals surface area contributed by atoms with Gasteiger partial charge in [-0.3, -0.25) is 0 Å². The first-order chi connectivity index (χ1) is 10.3. The Kier molecular flexibility index (Phi) is 5.45. The van der Waals surface area contributed by atoms with Gasteiger partial charge in [0.25, 0.3) is 0 Å². The van der Waals surface area contributed by atoms with Crippen LogP contribution >= 0.6 is 23.2 Å². The minimum Gasteiger partial charge on any atom is -0.335 e. The van der Waals surface area contributed by atoms with Crippen LogP contribution in [-0.2, 0) is 0 Å². The molecule has 3 nitrogen and oxygen atoms in total. The molecule has 2 rings (SSSR count). The predicted octanol–water partition coefficient (Wildman–Crippen LogP) is 5.24. The number of halogens is 5. The molecule has 0 bridgehead atoms. The highest BCUT2D eigenvalue weighted by molar-refractivity contribution is 6.35. The number of amides is 2. The van der Waals surface area contributed by atoms with Crippen molar-refractivity contribution in [2.45, 2.75) is 37.9 Å². The molecule has 1 aromatic rings. The average Bonchev–Trinajstić information content (AvgIpc) is 2.42. The second-order valence-corrected chi connectivity index (χ2v) is 6.17. The molecule has 2 amide bonds. The maximum atomic E-state index is 12.7. The number of nitrogens with one attached hydrogen (secondary N) is 2. The zero-order chi connectivity index (χ0) is 16.3. The third-order valence-electron chi connectivity index (χ3n) is 3.65. The second-order valence-electron chi connectivity index (χ2n) is 5.32. The summed E-state index contributed by atoms with van der Waals surface area (Å²) in [4.78, 5) is 11.9. The fourth-order valence-electron chi connectivity index (χ4n) is 2.56. The third-order valence-corrected chi connectivity index (χ3v) is 4.21. The largest absolute Gasteiger partial charge is 0.391 e. The van der Waals surface area contributed by atoms with Crippen LogP contribution in [0.5, 0.6) is 0 Å². The van der Waals surface area contributed by atoms with Gasteiger partial charge in [-0.05, 0) is 37.5 Å². The van der Waals surface area contributed by atoms with E-state index in [1.807, 2.05) is 0 Å². The van der Waals surface area contributed by atoms with Crippen LogP contribution in [-0.4, -0.2) is 18.2 Å². The molecule has 2 unspecified atom stereocenters. The van der Waals surface area contributed by atoms with Gasteiger partial charge in [-0.2, -0.15) is 13.2 Å². The molecular weight excluding hydrogens is 340 g/mol. The van der Waals surface area contributed by atoms with Gasteiger partial charge in [0.2, 0.25) is 0 Å². The summed E-state index contributed by atoms with van der Waals surface area (Å²) in [5, 5.41) is 5.77. The fourth-order valence-corrected chi connectivity index (χ4v) is 2.89. The number of urea groups is 1. The normalized spacial score (nSPS) is 22.2. The summed E-state index contributed by atoms with van der Waals surface area (Å²) in [6.07, 6.45) is -3.23. The van der Waals surface area contributed by atoms with Crippen molar-refractivity contribution in [2.75, 3.05) is 5.32 Å². The number of carbonyl (C=O) groups is 1. The maximum absolute atomic E-state index is 12.7. The molecule has 0 heterocycles. The number of rotatable bonds is 2. The first-order valence-electron chi connectivity index (χ1n) is 6.85. The first kappa shape index (κ1) is 17.2. The Labute approximate surface area is 136 Å². The van der Waals surface area contributed by atoms with E-state index in [2.05, 4.69) is 10.6 Å². The zero-order valence-electron chi connectivity index (χ0n) is 11.5. The molecule has 0 saturated heterocycles. The Morgan fingerprint density at radius 1 is 1.23 bits per heavy atom. The van der Waals surface area contributed by atoms with Gasteiger partial charge in [0.1, 0.15) is 0 Å². The predicted molar refractivity (Wildman–Crippen MR) is 80.4 cm³/mol. The first-order valence-corrected chi connectivity index (χ1v) is 7.60. The summed E-state index contributed by atoms with van der Waals surface area (Å²) >= 11 is 11.7. The Bertz CT molecular complexity index is 551. The van der Waals surface area contributed by atoms with Crippen molar-refractivity contribution in [3.05, 3.63) is 28.2 Å². The molecular formula is C14H15Cl2F3N2O. The Balaban J connectivity index is 1.93. The lowest BCUT2D eigenvalue weighted by Crippen LogP contribution is -2.43. The van der Waals surface area contributed by atoms with Crippen molar-refractivity contribution in [1.82, 2.24) is 5.32 Å². The zero-order valence-corrected chi connectivity index (χ0v) is 13.0. The molecule has 1 aliphatic carbocycles. The number of alkyl halides is 3. The average molecular weight is 355 g/mol. The quantitative estimate of drug-likeness (QED) is 0.749. The third kappa shape index (κ3) is 4.68. The molecule has 1 fully saturated rings. The molecule has 1 saturated carbocycles. The molecule has 8 heteroatoms. The smallest absolute Gasteiger partial charge is 0.335 e. The number of anilines is 1. The second kappa shape index (κ2) is 6.96. The standard InChI is InChI=1S/C14H15Cl2F3N2O/c15-9-4-5-11(16)12(7-9)21-13(22)20-10-3-1-2-8(6-10)14(17,18)19/h4-5,7-8,10H,1-3,6H2,(H2,20,21,22). The van der Waals surface area contributed by atoms with E-state index in [9.17, 15) is 18.0 Å². The molecule has 0 aromatic heterocycles. The van der Waals surface area contributed by atoms with E-state index in [4.69, 9.17) is 23.2 Å². The maximum Gasteiger partial charge on any atom is 0.391 e. The summed E-state index contributed by atoms with van der Waals surface area (Å²) in [6.45, 7) is 0. The van der Waals surface area contributed by atoms with Crippen LogP contribution in [0.1, 0.15) is 25.7 Å². The lowest BCUT2D eigenvalue weighted by molar-refractivity contribution is -0.183. The summed E-state index contributed by atoms with van der Waals surface area (Å²) in [6, 6.07) is 3.49. The highest BCUT2D eigenvalue weighted by atomic mass is 35.5. The van der Waals surface area contributed by atoms with Gasteiger partial charge >= 0.3 is 12.2 Å². The van der Waals surface area contributed by atoms with Crippen molar-refractivity contribution >= 4 is 34.9 Å². The van der Waals surface area contributed by atoms with Crippen LogP contribution in [0.2, 0.25) is 10.0 Å². The van der Waals surface area contributed by atoms with E-state index in [0.29, 0.717) is 28.6 Å². The van der Waals surface area contributed by atoms with Gasteiger partial charge in [-0.25, -0.2) is 4.79 Å². The number of hydrogen-bond donors (Lipinski definition) is 2.